The molecule has 0 aromatic heterocycles. The summed E-state index contributed by atoms with van der Waals surface area (Å²) in [6, 6.07) is 7.02. The van der Waals surface area contributed by atoms with Crippen molar-refractivity contribution in [1.29, 1.82) is 0 Å². The van der Waals surface area contributed by atoms with Crippen LogP contribution < -0.4 is 16.4 Å². The molecule has 0 heterocycles. The second-order valence-electron chi connectivity index (χ2n) is 4.33. The van der Waals surface area contributed by atoms with Crippen LogP contribution in [-0.2, 0) is 9.59 Å². The number of hydrogen-bond donors (Lipinski definition) is 3. The molecule has 1 rings (SSSR count). The smallest absolute Gasteiger partial charge is 0.233 e. The van der Waals surface area contributed by atoms with E-state index in [9.17, 15) is 9.59 Å². The zero-order valence-electron chi connectivity index (χ0n) is 11.3. The number of benzene rings is 1. The molecule has 6 nitrogen and oxygen atoms in total. The topological polar surface area (TPSA) is 87.5 Å². The number of nitrogens with two attached hydrogens (primary N) is 1. The van der Waals surface area contributed by atoms with Crippen LogP contribution in [0.5, 0.6) is 0 Å². The molecule has 0 aliphatic heterocycles. The van der Waals surface area contributed by atoms with Gasteiger partial charge in [-0.3, -0.25) is 14.5 Å². The molecule has 104 valence electrons. The van der Waals surface area contributed by atoms with E-state index in [0.29, 0.717) is 24.3 Å². The van der Waals surface area contributed by atoms with Gasteiger partial charge >= 0.3 is 0 Å². The second-order valence-corrected chi connectivity index (χ2v) is 4.33. The van der Waals surface area contributed by atoms with Gasteiger partial charge in [0.25, 0.3) is 0 Å². The third-order valence-electron chi connectivity index (χ3n) is 2.58. The molecule has 19 heavy (non-hydrogen) atoms. The lowest BCUT2D eigenvalue weighted by atomic mass is 10.2. The summed E-state index contributed by atoms with van der Waals surface area (Å²) in [5, 5.41) is 5.29. The second kappa shape index (κ2) is 7.38. The van der Waals surface area contributed by atoms with Gasteiger partial charge in [0.15, 0.2) is 0 Å². The number of anilines is 2. The minimum Gasteiger partial charge on any atom is -0.399 e. The van der Waals surface area contributed by atoms with Gasteiger partial charge in [-0.25, -0.2) is 0 Å². The Morgan fingerprint density at radius 3 is 2.68 bits per heavy atom. The molecule has 0 aliphatic rings. The Hall–Kier alpha value is -2.08. The minimum atomic E-state index is -0.102. The number of carbonyl (C=O) groups is 2. The lowest BCUT2D eigenvalue weighted by molar-refractivity contribution is -0.122. The maximum absolute atomic E-state index is 11.7. The Labute approximate surface area is 113 Å². The Morgan fingerprint density at radius 1 is 1.32 bits per heavy atom. The molecule has 1 aromatic carbocycles. The highest BCUT2D eigenvalue weighted by Crippen LogP contribution is 2.11. The van der Waals surface area contributed by atoms with Crippen molar-refractivity contribution < 1.29 is 9.59 Å². The Bertz CT molecular complexity index is 448. The number of likely N-dealkylation sites (N-methyl/N-ethyl adjacent to an activating group) is 2. The van der Waals surface area contributed by atoms with Gasteiger partial charge in [-0.2, -0.15) is 0 Å². The highest BCUT2D eigenvalue weighted by molar-refractivity contribution is 5.91. The summed E-state index contributed by atoms with van der Waals surface area (Å²) in [4.78, 5) is 24.6. The van der Waals surface area contributed by atoms with Crippen molar-refractivity contribution in [1.82, 2.24) is 10.2 Å². The number of amides is 2. The summed E-state index contributed by atoms with van der Waals surface area (Å²) in [6.07, 6.45) is 0.322. The average molecular weight is 264 g/mol. The maximum atomic E-state index is 11.7. The standard InChI is InChI=1S/C13H20N4O2/c1-15-13(19)9-17(2)7-6-12(18)16-11-5-3-4-10(14)8-11/h3-5,8H,6-7,9,14H2,1-2H3,(H,15,19)(H,16,18). The highest BCUT2D eigenvalue weighted by Gasteiger charge is 2.08. The molecule has 6 heteroatoms. The number of nitrogen functional groups attached to an aromatic ring is 1. The van der Waals surface area contributed by atoms with Crippen LogP contribution in [0, 0.1) is 0 Å². The summed E-state index contributed by atoms with van der Waals surface area (Å²) in [6.45, 7) is 0.795. The van der Waals surface area contributed by atoms with Gasteiger partial charge in [0.05, 0.1) is 6.54 Å². The first-order valence-electron chi connectivity index (χ1n) is 6.06. The minimum absolute atomic E-state index is 0.0706. The molecule has 0 fully saturated rings. The number of nitrogens with one attached hydrogen (secondary N) is 2. The van der Waals surface area contributed by atoms with Crippen LogP contribution in [-0.4, -0.2) is 43.9 Å². The zero-order chi connectivity index (χ0) is 14.3. The molecule has 0 bridgehead atoms. The van der Waals surface area contributed by atoms with Crippen molar-refractivity contribution in [2.45, 2.75) is 6.42 Å². The van der Waals surface area contributed by atoms with Crippen LogP contribution in [0.15, 0.2) is 24.3 Å². The highest BCUT2D eigenvalue weighted by atomic mass is 16.2. The predicted octanol–water partition coefficient (Wildman–Crippen LogP) is 0.275. The first-order valence-corrected chi connectivity index (χ1v) is 6.06. The van der Waals surface area contributed by atoms with Crippen LogP contribution in [0.4, 0.5) is 11.4 Å². The largest absolute Gasteiger partial charge is 0.399 e. The summed E-state index contributed by atoms with van der Waals surface area (Å²) >= 11 is 0. The average Bonchev–Trinajstić information content (AvgIpc) is 2.36. The maximum Gasteiger partial charge on any atom is 0.233 e. The lowest BCUT2D eigenvalue weighted by Gasteiger charge is -2.15. The van der Waals surface area contributed by atoms with Gasteiger partial charge in [0, 0.05) is 31.4 Å². The Morgan fingerprint density at radius 2 is 2.05 bits per heavy atom. The van der Waals surface area contributed by atoms with E-state index in [2.05, 4.69) is 10.6 Å². The molecular weight excluding hydrogens is 244 g/mol. The number of carbonyl (C=O) groups excluding carboxylic acids is 2. The van der Waals surface area contributed by atoms with Gasteiger partial charge < -0.3 is 16.4 Å². The van der Waals surface area contributed by atoms with E-state index < -0.39 is 0 Å². The van der Waals surface area contributed by atoms with Crippen LogP contribution in [0.25, 0.3) is 0 Å². The van der Waals surface area contributed by atoms with E-state index in [0.717, 1.165) is 0 Å². The molecule has 4 N–H and O–H groups in total. The summed E-state index contributed by atoms with van der Waals surface area (Å²) in [5.41, 5.74) is 6.91. The van der Waals surface area contributed by atoms with Crippen molar-refractivity contribution in [2.24, 2.45) is 0 Å². The van der Waals surface area contributed by atoms with Crippen LogP contribution in [0.2, 0.25) is 0 Å². The molecule has 0 spiro atoms. The van der Waals surface area contributed by atoms with Crippen LogP contribution >= 0.6 is 0 Å². The third kappa shape index (κ3) is 5.87. The van der Waals surface area contributed by atoms with Crippen LogP contribution in [0.1, 0.15) is 6.42 Å². The van der Waals surface area contributed by atoms with Gasteiger partial charge in [0.2, 0.25) is 11.8 Å². The summed E-state index contributed by atoms with van der Waals surface area (Å²) in [7, 11) is 3.38. The monoisotopic (exact) mass is 264 g/mol. The third-order valence-corrected chi connectivity index (χ3v) is 2.58. The predicted molar refractivity (Wildman–Crippen MR) is 75.7 cm³/mol. The van der Waals surface area contributed by atoms with Gasteiger partial charge in [-0.05, 0) is 25.2 Å². The van der Waals surface area contributed by atoms with Crippen molar-refractivity contribution in [3.05, 3.63) is 24.3 Å². The molecule has 0 atom stereocenters. The summed E-state index contributed by atoms with van der Waals surface area (Å²) < 4.78 is 0. The van der Waals surface area contributed by atoms with E-state index >= 15 is 0 Å². The molecule has 0 aliphatic carbocycles. The van der Waals surface area contributed by atoms with E-state index in [-0.39, 0.29) is 18.4 Å². The first kappa shape index (κ1) is 15.0. The van der Waals surface area contributed by atoms with E-state index in [4.69, 9.17) is 5.73 Å². The fourth-order valence-corrected chi connectivity index (χ4v) is 1.54. The number of hydrogen-bond acceptors (Lipinski definition) is 4. The Balaban J connectivity index is 2.34. The Kier molecular flexibility index (Phi) is 5.81. The molecule has 0 saturated carbocycles. The van der Waals surface area contributed by atoms with Crippen LogP contribution in [0.3, 0.4) is 0 Å². The van der Waals surface area contributed by atoms with Crippen molar-refractivity contribution in [2.75, 3.05) is 38.2 Å². The SMILES string of the molecule is CNC(=O)CN(C)CCC(=O)Nc1cccc(N)c1. The van der Waals surface area contributed by atoms with Crippen molar-refractivity contribution >= 4 is 23.2 Å². The molecule has 0 unspecified atom stereocenters. The van der Waals surface area contributed by atoms with Gasteiger partial charge in [-0.1, -0.05) is 6.07 Å². The molecule has 0 saturated heterocycles. The zero-order valence-corrected chi connectivity index (χ0v) is 11.3. The normalized spacial score (nSPS) is 10.3. The van der Waals surface area contributed by atoms with Crippen molar-refractivity contribution in [3.8, 4) is 0 Å². The quantitative estimate of drug-likeness (QED) is 0.644. The molecule has 2 amide bonds. The number of rotatable bonds is 6. The summed E-state index contributed by atoms with van der Waals surface area (Å²) in [5.74, 6) is -0.173. The molecular formula is C13H20N4O2. The van der Waals surface area contributed by atoms with Gasteiger partial charge in [0.1, 0.15) is 0 Å². The number of nitrogens with zero attached hydrogens (tertiary/aromatic N) is 1. The van der Waals surface area contributed by atoms with Crippen molar-refractivity contribution in [3.63, 3.8) is 0 Å². The van der Waals surface area contributed by atoms with E-state index in [1.54, 1.807) is 43.3 Å². The van der Waals surface area contributed by atoms with E-state index in [1.807, 2.05) is 0 Å². The molecule has 0 radical (unpaired) electrons. The lowest BCUT2D eigenvalue weighted by Crippen LogP contribution is -2.34. The van der Waals surface area contributed by atoms with E-state index in [1.165, 1.54) is 0 Å². The fraction of sp³-hybridized carbons (Fsp3) is 0.385. The molecule has 1 aromatic rings. The van der Waals surface area contributed by atoms with Gasteiger partial charge in [-0.15, -0.1) is 0 Å². The first-order chi connectivity index (χ1) is 9.01. The fourth-order valence-electron chi connectivity index (χ4n) is 1.54.